The SMILES string of the molecule is CSCC[C@@H](NS(=O)(=O)c1ccc(C)cc1)C(=O)NNC(=O)c1cc(C)oc1C. The molecule has 2 aromatic rings. The predicted octanol–water partition coefficient (Wildman–Crippen LogP) is 2.07. The monoisotopic (exact) mass is 439 g/mol. The lowest BCUT2D eigenvalue weighted by molar-refractivity contribution is -0.123. The van der Waals surface area contributed by atoms with E-state index in [1.807, 2.05) is 13.2 Å². The van der Waals surface area contributed by atoms with Crippen LogP contribution in [0.3, 0.4) is 0 Å². The average molecular weight is 440 g/mol. The van der Waals surface area contributed by atoms with Crippen molar-refractivity contribution in [3.8, 4) is 0 Å². The summed E-state index contributed by atoms with van der Waals surface area (Å²) < 4.78 is 33.0. The van der Waals surface area contributed by atoms with Crippen LogP contribution in [0.2, 0.25) is 0 Å². The lowest BCUT2D eigenvalue weighted by Gasteiger charge is -2.18. The molecule has 1 atom stereocenters. The lowest BCUT2D eigenvalue weighted by atomic mass is 10.2. The maximum atomic E-state index is 12.6. The molecule has 0 aliphatic rings. The molecule has 0 fully saturated rings. The maximum Gasteiger partial charge on any atom is 0.273 e. The molecular weight excluding hydrogens is 414 g/mol. The van der Waals surface area contributed by atoms with Gasteiger partial charge in [-0.15, -0.1) is 0 Å². The van der Waals surface area contributed by atoms with Gasteiger partial charge in [0.25, 0.3) is 11.8 Å². The molecule has 1 aromatic carbocycles. The van der Waals surface area contributed by atoms with E-state index < -0.39 is 27.9 Å². The van der Waals surface area contributed by atoms with Gasteiger partial charge < -0.3 is 4.42 Å². The highest BCUT2D eigenvalue weighted by Gasteiger charge is 2.26. The third-order valence-corrected chi connectivity index (χ3v) is 6.27. The van der Waals surface area contributed by atoms with Crippen LogP contribution < -0.4 is 15.6 Å². The summed E-state index contributed by atoms with van der Waals surface area (Å²) in [7, 11) is -3.89. The van der Waals surface area contributed by atoms with Crippen molar-refractivity contribution >= 4 is 33.6 Å². The van der Waals surface area contributed by atoms with Crippen LogP contribution in [0.1, 0.15) is 33.9 Å². The van der Waals surface area contributed by atoms with Crippen molar-refractivity contribution in [2.45, 2.75) is 38.1 Å². The Kier molecular flexibility index (Phi) is 7.88. The van der Waals surface area contributed by atoms with E-state index in [1.54, 1.807) is 32.0 Å². The number of benzene rings is 1. The van der Waals surface area contributed by atoms with Crippen molar-refractivity contribution in [3.05, 3.63) is 53.0 Å². The summed E-state index contributed by atoms with van der Waals surface area (Å²) in [5.41, 5.74) is 5.82. The summed E-state index contributed by atoms with van der Waals surface area (Å²) in [6.07, 6.45) is 2.12. The van der Waals surface area contributed by atoms with Crippen molar-refractivity contribution in [1.29, 1.82) is 0 Å². The molecule has 0 spiro atoms. The number of amides is 2. The molecule has 158 valence electrons. The minimum atomic E-state index is -3.89. The number of sulfonamides is 1. The van der Waals surface area contributed by atoms with Crippen molar-refractivity contribution in [1.82, 2.24) is 15.6 Å². The average Bonchev–Trinajstić information content (AvgIpc) is 3.01. The van der Waals surface area contributed by atoms with Gasteiger partial charge in [0.15, 0.2) is 0 Å². The van der Waals surface area contributed by atoms with Gasteiger partial charge in [0, 0.05) is 0 Å². The van der Waals surface area contributed by atoms with E-state index >= 15 is 0 Å². The molecule has 10 heteroatoms. The van der Waals surface area contributed by atoms with Crippen molar-refractivity contribution in [2.24, 2.45) is 0 Å². The van der Waals surface area contributed by atoms with Gasteiger partial charge in [-0.25, -0.2) is 8.42 Å². The summed E-state index contributed by atoms with van der Waals surface area (Å²) in [4.78, 5) is 24.9. The molecule has 2 rings (SSSR count). The largest absolute Gasteiger partial charge is 0.466 e. The Morgan fingerprint density at radius 1 is 1.10 bits per heavy atom. The summed E-state index contributed by atoms with van der Waals surface area (Å²) in [5.74, 6) is 0.359. The van der Waals surface area contributed by atoms with Crippen LogP contribution in [0.15, 0.2) is 39.6 Å². The van der Waals surface area contributed by atoms with E-state index in [-0.39, 0.29) is 11.3 Å². The van der Waals surface area contributed by atoms with E-state index in [0.717, 1.165) is 5.56 Å². The number of nitrogens with one attached hydrogen (secondary N) is 3. The highest BCUT2D eigenvalue weighted by Crippen LogP contribution is 2.14. The molecule has 0 aliphatic heterocycles. The number of carbonyl (C=O) groups excluding carboxylic acids is 2. The number of rotatable bonds is 8. The third kappa shape index (κ3) is 6.34. The van der Waals surface area contributed by atoms with E-state index in [9.17, 15) is 18.0 Å². The number of thioether (sulfide) groups is 1. The van der Waals surface area contributed by atoms with Gasteiger partial charge in [0.2, 0.25) is 10.0 Å². The number of carbonyl (C=O) groups is 2. The zero-order valence-corrected chi connectivity index (χ0v) is 18.4. The molecule has 8 nitrogen and oxygen atoms in total. The minimum absolute atomic E-state index is 0.0681. The lowest BCUT2D eigenvalue weighted by Crippen LogP contribution is -2.52. The van der Waals surface area contributed by atoms with E-state index in [4.69, 9.17) is 4.42 Å². The fourth-order valence-electron chi connectivity index (χ4n) is 2.58. The first-order valence-corrected chi connectivity index (χ1v) is 11.8. The van der Waals surface area contributed by atoms with Gasteiger partial charge in [0.1, 0.15) is 17.6 Å². The number of hydrogen-bond acceptors (Lipinski definition) is 6. The molecule has 0 bridgehead atoms. The van der Waals surface area contributed by atoms with Gasteiger partial charge in [-0.1, -0.05) is 17.7 Å². The highest BCUT2D eigenvalue weighted by atomic mass is 32.2. The quantitative estimate of drug-likeness (QED) is 0.542. The van der Waals surface area contributed by atoms with Crippen molar-refractivity contribution < 1.29 is 22.4 Å². The number of hydrazine groups is 1. The summed E-state index contributed by atoms with van der Waals surface area (Å²) in [5, 5.41) is 0. The first-order chi connectivity index (χ1) is 13.6. The smallest absolute Gasteiger partial charge is 0.273 e. The second-order valence-electron chi connectivity index (χ2n) is 6.54. The Bertz CT molecular complexity index is 968. The van der Waals surface area contributed by atoms with Gasteiger partial charge >= 0.3 is 0 Å². The molecule has 0 aliphatic carbocycles. The Balaban J connectivity index is 2.08. The summed E-state index contributed by atoms with van der Waals surface area (Å²) in [6, 6.07) is 6.84. The molecule has 2 amide bonds. The molecule has 1 heterocycles. The standard InChI is InChI=1S/C19H25N3O5S2/c1-12-5-7-15(8-6-12)29(25,26)22-17(9-10-28-4)19(24)21-20-18(23)16-11-13(2)27-14(16)3/h5-8,11,17,22H,9-10H2,1-4H3,(H,20,23)(H,21,24)/t17-/m1/s1. The van der Waals surface area contributed by atoms with Gasteiger partial charge in [-0.3, -0.25) is 20.4 Å². The normalized spacial score (nSPS) is 12.4. The first-order valence-electron chi connectivity index (χ1n) is 8.89. The van der Waals surface area contributed by atoms with Crippen molar-refractivity contribution in [2.75, 3.05) is 12.0 Å². The van der Waals surface area contributed by atoms with Gasteiger partial charge in [-0.2, -0.15) is 16.5 Å². The second kappa shape index (κ2) is 9.95. The molecule has 0 radical (unpaired) electrons. The topological polar surface area (TPSA) is 118 Å². The molecular formula is C19H25N3O5S2. The van der Waals surface area contributed by atoms with Crippen LogP contribution in [0, 0.1) is 20.8 Å². The molecule has 29 heavy (non-hydrogen) atoms. The van der Waals surface area contributed by atoms with E-state index in [0.29, 0.717) is 22.8 Å². The minimum Gasteiger partial charge on any atom is -0.466 e. The predicted molar refractivity (Wildman–Crippen MR) is 112 cm³/mol. The van der Waals surface area contributed by atoms with Crippen LogP contribution in [-0.4, -0.2) is 38.3 Å². The van der Waals surface area contributed by atoms with Gasteiger partial charge in [-0.05, 0) is 57.4 Å². The molecule has 0 saturated carbocycles. The Hall–Kier alpha value is -2.30. The van der Waals surface area contributed by atoms with Gasteiger partial charge in [0.05, 0.1) is 10.5 Å². The fraction of sp³-hybridized carbons (Fsp3) is 0.368. The first kappa shape index (κ1) is 23.0. The fourth-order valence-corrected chi connectivity index (χ4v) is 4.28. The zero-order chi connectivity index (χ0) is 21.6. The van der Waals surface area contributed by atoms with Crippen LogP contribution in [0.25, 0.3) is 0 Å². The molecule has 0 saturated heterocycles. The second-order valence-corrected chi connectivity index (χ2v) is 9.24. The number of furan rings is 1. The summed E-state index contributed by atoms with van der Waals surface area (Å²) >= 11 is 1.48. The number of hydrogen-bond donors (Lipinski definition) is 3. The highest BCUT2D eigenvalue weighted by molar-refractivity contribution is 7.98. The Morgan fingerprint density at radius 2 is 1.76 bits per heavy atom. The van der Waals surface area contributed by atoms with E-state index in [2.05, 4.69) is 15.6 Å². The van der Waals surface area contributed by atoms with Crippen LogP contribution in [-0.2, 0) is 14.8 Å². The van der Waals surface area contributed by atoms with Crippen LogP contribution >= 0.6 is 11.8 Å². The Morgan fingerprint density at radius 3 is 2.31 bits per heavy atom. The third-order valence-electron chi connectivity index (χ3n) is 4.14. The molecule has 1 aromatic heterocycles. The number of aryl methyl sites for hydroxylation is 3. The Labute approximate surface area is 174 Å². The summed E-state index contributed by atoms with van der Waals surface area (Å²) in [6.45, 7) is 5.20. The van der Waals surface area contributed by atoms with Crippen LogP contribution in [0.5, 0.6) is 0 Å². The van der Waals surface area contributed by atoms with E-state index in [1.165, 1.54) is 23.9 Å². The molecule has 0 unspecified atom stereocenters. The van der Waals surface area contributed by atoms with Crippen LogP contribution in [0.4, 0.5) is 0 Å². The molecule has 3 N–H and O–H groups in total. The zero-order valence-electron chi connectivity index (χ0n) is 16.7. The van der Waals surface area contributed by atoms with Crippen molar-refractivity contribution in [3.63, 3.8) is 0 Å². The maximum absolute atomic E-state index is 12.6.